The van der Waals surface area contributed by atoms with Crippen LogP contribution in [0.1, 0.15) is 39.2 Å². The van der Waals surface area contributed by atoms with Gasteiger partial charge in [0.05, 0.1) is 25.4 Å². The Bertz CT molecular complexity index is 1270. The number of non-ortho nitro benzene ring substituents is 1. The zero-order valence-electron chi connectivity index (χ0n) is 23.0. The zero-order valence-corrected chi connectivity index (χ0v) is 23.9. The molecule has 0 saturated heterocycles. The second-order valence-corrected chi connectivity index (χ2v) is 10.9. The molecular weight excluding hydrogens is 528 g/mol. The summed E-state index contributed by atoms with van der Waals surface area (Å²) in [6, 6.07) is 9.37. The van der Waals surface area contributed by atoms with E-state index in [0.717, 1.165) is 16.6 Å². The summed E-state index contributed by atoms with van der Waals surface area (Å²) >= 11 is 0. The maximum atomic E-state index is 13.8. The first-order chi connectivity index (χ1) is 18.4. The van der Waals surface area contributed by atoms with Crippen molar-refractivity contribution in [2.45, 2.75) is 52.2 Å². The van der Waals surface area contributed by atoms with Gasteiger partial charge in [-0.15, -0.1) is 0 Å². The Kier molecular flexibility index (Phi) is 11.1. The standard InChI is InChI=1S/C26H36N4O8S/c1-7-18(3)27-26(32)22(8-2)28(16-19-9-12-21(37-4)13-10-19)25(31)17-29(39(6,35)36)23-15-20(30(33)34)11-14-24(23)38-5/h9-15,18,22H,7-8,16-17H2,1-6H3,(H,27,32)/t18-,22-/m1/s1. The van der Waals surface area contributed by atoms with Crippen molar-refractivity contribution in [3.05, 3.63) is 58.1 Å². The number of ether oxygens (including phenoxy) is 2. The van der Waals surface area contributed by atoms with Gasteiger partial charge in [0.2, 0.25) is 21.8 Å². The Morgan fingerprint density at radius 2 is 1.69 bits per heavy atom. The van der Waals surface area contributed by atoms with Crippen LogP contribution in [-0.2, 0) is 26.2 Å². The molecule has 0 aliphatic heterocycles. The molecule has 0 heterocycles. The highest BCUT2D eigenvalue weighted by molar-refractivity contribution is 7.92. The molecule has 0 spiro atoms. The number of hydrogen-bond donors (Lipinski definition) is 1. The van der Waals surface area contributed by atoms with Crippen LogP contribution >= 0.6 is 0 Å². The molecule has 0 aromatic heterocycles. The van der Waals surface area contributed by atoms with Crippen LogP contribution in [0.4, 0.5) is 11.4 Å². The summed E-state index contributed by atoms with van der Waals surface area (Å²) in [7, 11) is -1.30. The first kappa shape index (κ1) is 31.3. The summed E-state index contributed by atoms with van der Waals surface area (Å²) in [6.45, 7) is 4.83. The molecule has 0 aliphatic rings. The molecule has 0 saturated carbocycles. The molecule has 0 bridgehead atoms. The summed E-state index contributed by atoms with van der Waals surface area (Å²) in [6.07, 6.45) is 1.84. The van der Waals surface area contributed by atoms with Crippen LogP contribution in [0.5, 0.6) is 11.5 Å². The number of carbonyl (C=O) groups excluding carboxylic acids is 2. The van der Waals surface area contributed by atoms with E-state index in [1.165, 1.54) is 31.3 Å². The molecule has 12 nitrogen and oxygen atoms in total. The lowest BCUT2D eigenvalue weighted by Crippen LogP contribution is -2.53. The van der Waals surface area contributed by atoms with Crippen LogP contribution in [0.3, 0.4) is 0 Å². The zero-order chi connectivity index (χ0) is 29.3. The summed E-state index contributed by atoms with van der Waals surface area (Å²) in [5.74, 6) is -0.398. The second-order valence-electron chi connectivity index (χ2n) is 8.99. The quantitative estimate of drug-likeness (QED) is 0.272. The minimum absolute atomic E-state index is 0.0128. The van der Waals surface area contributed by atoms with E-state index in [9.17, 15) is 28.1 Å². The van der Waals surface area contributed by atoms with E-state index in [4.69, 9.17) is 9.47 Å². The van der Waals surface area contributed by atoms with Gasteiger partial charge in [0.25, 0.3) is 5.69 Å². The van der Waals surface area contributed by atoms with Crippen molar-refractivity contribution in [3.8, 4) is 11.5 Å². The third-order valence-electron chi connectivity index (χ3n) is 6.22. The number of nitrogens with zero attached hydrogens (tertiary/aromatic N) is 3. The molecule has 0 aliphatic carbocycles. The van der Waals surface area contributed by atoms with Gasteiger partial charge in [-0.3, -0.25) is 24.0 Å². The van der Waals surface area contributed by atoms with Crippen molar-refractivity contribution >= 4 is 33.2 Å². The summed E-state index contributed by atoms with van der Waals surface area (Å²) in [5.41, 5.74) is 0.156. The van der Waals surface area contributed by atoms with E-state index in [-0.39, 0.29) is 42.0 Å². The van der Waals surface area contributed by atoms with Gasteiger partial charge in [-0.05, 0) is 43.5 Å². The predicted molar refractivity (Wildman–Crippen MR) is 147 cm³/mol. The van der Waals surface area contributed by atoms with Crippen molar-refractivity contribution in [2.75, 3.05) is 31.3 Å². The first-order valence-electron chi connectivity index (χ1n) is 12.4. The van der Waals surface area contributed by atoms with Gasteiger partial charge in [-0.1, -0.05) is 26.0 Å². The lowest BCUT2D eigenvalue weighted by atomic mass is 10.1. The number of nitro groups is 1. The molecule has 2 aromatic carbocycles. The average Bonchev–Trinajstić information content (AvgIpc) is 2.90. The van der Waals surface area contributed by atoms with Gasteiger partial charge < -0.3 is 19.7 Å². The predicted octanol–water partition coefficient (Wildman–Crippen LogP) is 3.10. The van der Waals surface area contributed by atoms with E-state index >= 15 is 0 Å². The SMILES string of the molecule is CC[C@@H](C)NC(=O)[C@@H](CC)N(Cc1ccc(OC)cc1)C(=O)CN(c1cc([N+](=O)[O-])ccc1OC)S(C)(=O)=O. The topological polar surface area (TPSA) is 148 Å². The fourth-order valence-electron chi connectivity index (χ4n) is 3.87. The van der Waals surface area contributed by atoms with Gasteiger partial charge in [0.15, 0.2) is 0 Å². The summed E-state index contributed by atoms with van der Waals surface area (Å²) in [5, 5.41) is 14.3. The molecule has 0 fully saturated rings. The third kappa shape index (κ3) is 8.31. The normalized spacial score (nSPS) is 12.7. The fraction of sp³-hybridized carbons (Fsp3) is 0.462. The molecular formula is C26H36N4O8S. The maximum Gasteiger partial charge on any atom is 0.271 e. The number of rotatable bonds is 14. The summed E-state index contributed by atoms with van der Waals surface area (Å²) in [4.78, 5) is 39.1. The number of amides is 2. The van der Waals surface area contributed by atoms with E-state index in [1.54, 1.807) is 31.2 Å². The van der Waals surface area contributed by atoms with Gasteiger partial charge in [-0.25, -0.2) is 8.42 Å². The highest BCUT2D eigenvalue weighted by atomic mass is 32.2. The fourth-order valence-corrected chi connectivity index (χ4v) is 4.71. The molecule has 39 heavy (non-hydrogen) atoms. The molecule has 0 radical (unpaired) electrons. The summed E-state index contributed by atoms with van der Waals surface area (Å²) < 4.78 is 36.9. The Labute approximate surface area is 229 Å². The second kappa shape index (κ2) is 13.8. The van der Waals surface area contributed by atoms with E-state index in [1.807, 2.05) is 13.8 Å². The molecule has 2 rings (SSSR count). The Morgan fingerprint density at radius 1 is 1.05 bits per heavy atom. The third-order valence-corrected chi connectivity index (χ3v) is 7.35. The number of hydrogen-bond acceptors (Lipinski definition) is 8. The van der Waals surface area contributed by atoms with Crippen LogP contribution in [0.15, 0.2) is 42.5 Å². The van der Waals surface area contributed by atoms with Crippen molar-refractivity contribution < 1.29 is 32.4 Å². The van der Waals surface area contributed by atoms with Crippen LogP contribution in [0.2, 0.25) is 0 Å². The maximum absolute atomic E-state index is 13.8. The Morgan fingerprint density at radius 3 is 2.18 bits per heavy atom. The number of nitro benzene ring substituents is 1. The molecule has 0 unspecified atom stereocenters. The molecule has 2 amide bonds. The number of anilines is 1. The van der Waals surface area contributed by atoms with Gasteiger partial charge in [0, 0.05) is 24.7 Å². The lowest BCUT2D eigenvalue weighted by Gasteiger charge is -2.33. The van der Waals surface area contributed by atoms with Crippen LogP contribution in [0.25, 0.3) is 0 Å². The number of nitrogens with one attached hydrogen (secondary N) is 1. The van der Waals surface area contributed by atoms with E-state index in [2.05, 4.69) is 5.32 Å². The lowest BCUT2D eigenvalue weighted by molar-refractivity contribution is -0.384. The molecule has 2 atom stereocenters. The molecule has 2 aromatic rings. The number of sulfonamides is 1. The largest absolute Gasteiger partial charge is 0.497 e. The smallest absolute Gasteiger partial charge is 0.271 e. The van der Waals surface area contributed by atoms with Crippen LogP contribution in [-0.4, -0.2) is 69.2 Å². The van der Waals surface area contributed by atoms with Gasteiger partial charge in [-0.2, -0.15) is 0 Å². The van der Waals surface area contributed by atoms with Gasteiger partial charge in [0.1, 0.15) is 29.8 Å². The van der Waals surface area contributed by atoms with Crippen molar-refractivity contribution in [3.63, 3.8) is 0 Å². The van der Waals surface area contributed by atoms with Crippen LogP contribution < -0.4 is 19.1 Å². The monoisotopic (exact) mass is 564 g/mol. The molecule has 13 heteroatoms. The van der Waals surface area contributed by atoms with Crippen molar-refractivity contribution in [1.29, 1.82) is 0 Å². The minimum atomic E-state index is -4.11. The Balaban J connectivity index is 2.55. The Hall–Kier alpha value is -3.87. The number of methoxy groups -OCH3 is 2. The highest BCUT2D eigenvalue weighted by Gasteiger charge is 2.33. The number of carbonyl (C=O) groups is 2. The van der Waals surface area contributed by atoms with Crippen LogP contribution in [0, 0.1) is 10.1 Å². The number of benzene rings is 2. The first-order valence-corrected chi connectivity index (χ1v) is 14.2. The average molecular weight is 565 g/mol. The molecule has 1 N–H and O–H groups in total. The van der Waals surface area contributed by atoms with Crippen molar-refractivity contribution in [1.82, 2.24) is 10.2 Å². The van der Waals surface area contributed by atoms with E-state index in [0.29, 0.717) is 17.7 Å². The minimum Gasteiger partial charge on any atom is -0.497 e. The van der Waals surface area contributed by atoms with E-state index < -0.39 is 33.4 Å². The van der Waals surface area contributed by atoms with Crippen molar-refractivity contribution in [2.24, 2.45) is 0 Å². The molecule has 214 valence electrons. The van der Waals surface area contributed by atoms with Gasteiger partial charge >= 0.3 is 0 Å². The highest BCUT2D eigenvalue weighted by Crippen LogP contribution is 2.34.